The topological polar surface area (TPSA) is 44.5 Å². The number of ether oxygens (including phenoxy) is 2. The molecule has 5 heteroatoms. The summed E-state index contributed by atoms with van der Waals surface area (Å²) in [6.45, 7) is 2.36. The molecular weight excluding hydrogens is 225 g/mol. The Morgan fingerprint density at radius 1 is 1.29 bits per heavy atom. The highest BCUT2D eigenvalue weighted by Gasteiger charge is 2.14. The molecule has 14 heavy (non-hydrogen) atoms. The third-order valence-corrected chi connectivity index (χ3v) is 2.47. The lowest BCUT2D eigenvalue weighted by atomic mass is 10.3. The Hall–Kier alpha value is -0.800. The Morgan fingerprint density at radius 3 is 2.36 bits per heavy atom. The van der Waals surface area contributed by atoms with Crippen molar-refractivity contribution in [1.82, 2.24) is 0 Å². The van der Waals surface area contributed by atoms with Crippen LogP contribution in [0.3, 0.4) is 0 Å². The molecule has 0 atom stereocenters. The number of nitrogen functional groups attached to an aromatic ring is 1. The first-order valence-corrected chi connectivity index (χ1v) is 4.81. The molecule has 1 aromatic rings. The molecule has 0 saturated heterocycles. The zero-order chi connectivity index (χ0) is 10.7. The molecule has 0 aliphatic carbocycles. The van der Waals surface area contributed by atoms with Gasteiger partial charge in [-0.05, 0) is 6.92 Å². The number of anilines is 1. The smallest absolute Gasteiger partial charge is 0.143 e. The van der Waals surface area contributed by atoms with E-state index in [4.69, 9.17) is 38.4 Å². The van der Waals surface area contributed by atoms with Crippen molar-refractivity contribution < 1.29 is 9.47 Å². The summed E-state index contributed by atoms with van der Waals surface area (Å²) in [6.07, 6.45) is 0. The maximum atomic E-state index is 5.92. The van der Waals surface area contributed by atoms with Crippen LogP contribution in [0.25, 0.3) is 0 Å². The van der Waals surface area contributed by atoms with Gasteiger partial charge in [0.05, 0.1) is 19.4 Å². The second-order valence-electron chi connectivity index (χ2n) is 2.55. The highest BCUT2D eigenvalue weighted by Crippen LogP contribution is 2.42. The van der Waals surface area contributed by atoms with Gasteiger partial charge in [-0.1, -0.05) is 23.2 Å². The van der Waals surface area contributed by atoms with E-state index in [1.54, 1.807) is 6.07 Å². The highest BCUT2D eigenvalue weighted by molar-refractivity contribution is 6.40. The zero-order valence-corrected chi connectivity index (χ0v) is 9.45. The van der Waals surface area contributed by atoms with Crippen molar-refractivity contribution in [3.05, 3.63) is 16.1 Å². The molecule has 0 aliphatic heterocycles. The zero-order valence-electron chi connectivity index (χ0n) is 7.93. The molecule has 78 valence electrons. The van der Waals surface area contributed by atoms with Gasteiger partial charge >= 0.3 is 0 Å². The van der Waals surface area contributed by atoms with E-state index < -0.39 is 0 Å². The molecule has 0 saturated carbocycles. The third kappa shape index (κ3) is 1.99. The predicted octanol–water partition coefficient (Wildman–Crippen LogP) is 2.98. The summed E-state index contributed by atoms with van der Waals surface area (Å²) >= 11 is 11.8. The van der Waals surface area contributed by atoms with Gasteiger partial charge in [0, 0.05) is 6.07 Å². The van der Waals surface area contributed by atoms with Crippen LogP contribution in [0.15, 0.2) is 6.07 Å². The lowest BCUT2D eigenvalue weighted by Gasteiger charge is -2.12. The van der Waals surface area contributed by atoms with Crippen molar-refractivity contribution in [2.24, 2.45) is 0 Å². The van der Waals surface area contributed by atoms with Gasteiger partial charge in [-0.15, -0.1) is 0 Å². The van der Waals surface area contributed by atoms with Crippen molar-refractivity contribution in [2.75, 3.05) is 19.5 Å². The largest absolute Gasteiger partial charge is 0.495 e. The third-order valence-electron chi connectivity index (χ3n) is 1.69. The number of hydrogen-bond donors (Lipinski definition) is 1. The highest BCUT2D eigenvalue weighted by atomic mass is 35.5. The van der Waals surface area contributed by atoms with Crippen LogP contribution in [-0.2, 0) is 0 Å². The summed E-state index contributed by atoms with van der Waals surface area (Å²) in [5.74, 6) is 0.935. The van der Waals surface area contributed by atoms with Gasteiger partial charge in [-0.2, -0.15) is 0 Å². The maximum absolute atomic E-state index is 5.92. The molecule has 0 aromatic heterocycles. The van der Waals surface area contributed by atoms with Crippen LogP contribution in [0.4, 0.5) is 5.69 Å². The van der Waals surface area contributed by atoms with E-state index in [-0.39, 0.29) is 5.69 Å². The van der Waals surface area contributed by atoms with E-state index in [0.717, 1.165) is 0 Å². The quantitative estimate of drug-likeness (QED) is 0.820. The molecule has 0 aliphatic rings. The molecule has 1 rings (SSSR count). The fraction of sp³-hybridized carbons (Fsp3) is 0.333. The van der Waals surface area contributed by atoms with Gasteiger partial charge < -0.3 is 15.2 Å². The van der Waals surface area contributed by atoms with Crippen LogP contribution in [0.5, 0.6) is 11.5 Å². The van der Waals surface area contributed by atoms with Gasteiger partial charge in [0.15, 0.2) is 0 Å². The second-order valence-corrected chi connectivity index (χ2v) is 3.31. The predicted molar refractivity (Wildman–Crippen MR) is 58.6 cm³/mol. The van der Waals surface area contributed by atoms with Crippen molar-refractivity contribution in [1.29, 1.82) is 0 Å². The fourth-order valence-electron chi connectivity index (χ4n) is 1.02. The molecule has 0 unspecified atom stereocenters. The molecule has 0 bridgehead atoms. The summed E-state index contributed by atoms with van der Waals surface area (Å²) in [4.78, 5) is 0. The van der Waals surface area contributed by atoms with E-state index in [9.17, 15) is 0 Å². The van der Waals surface area contributed by atoms with Crippen molar-refractivity contribution in [3.63, 3.8) is 0 Å². The van der Waals surface area contributed by atoms with Crippen LogP contribution in [0.1, 0.15) is 6.92 Å². The first kappa shape index (κ1) is 11.3. The number of halogens is 2. The summed E-state index contributed by atoms with van der Waals surface area (Å²) in [6, 6.07) is 1.62. The number of benzene rings is 1. The maximum Gasteiger partial charge on any atom is 0.143 e. The summed E-state index contributed by atoms with van der Waals surface area (Å²) < 4.78 is 10.3. The monoisotopic (exact) mass is 235 g/mol. The molecule has 0 fully saturated rings. The van der Waals surface area contributed by atoms with Gasteiger partial charge in [0.25, 0.3) is 0 Å². The van der Waals surface area contributed by atoms with Crippen LogP contribution < -0.4 is 15.2 Å². The van der Waals surface area contributed by atoms with E-state index in [2.05, 4.69) is 0 Å². The van der Waals surface area contributed by atoms with E-state index >= 15 is 0 Å². The van der Waals surface area contributed by atoms with E-state index in [1.807, 2.05) is 6.92 Å². The Labute approximate surface area is 92.7 Å². The normalized spacial score (nSPS) is 10.0. The SMILES string of the molecule is CCOc1cc(OC)c(Cl)c(N)c1Cl. The van der Waals surface area contributed by atoms with Gasteiger partial charge in [-0.25, -0.2) is 0 Å². The molecule has 3 nitrogen and oxygen atoms in total. The molecule has 0 heterocycles. The Bertz CT molecular complexity index is 342. The summed E-state index contributed by atoms with van der Waals surface area (Å²) in [5, 5.41) is 0.624. The molecule has 2 N–H and O–H groups in total. The fourth-order valence-corrected chi connectivity index (χ4v) is 1.49. The Morgan fingerprint density at radius 2 is 1.86 bits per heavy atom. The van der Waals surface area contributed by atoms with Crippen LogP contribution in [-0.4, -0.2) is 13.7 Å². The summed E-state index contributed by atoms with van der Waals surface area (Å²) in [5.41, 5.74) is 5.94. The van der Waals surface area contributed by atoms with E-state index in [0.29, 0.717) is 28.2 Å². The van der Waals surface area contributed by atoms with Crippen LogP contribution in [0, 0.1) is 0 Å². The first-order chi connectivity index (χ1) is 6.61. The van der Waals surface area contributed by atoms with Crippen molar-refractivity contribution >= 4 is 28.9 Å². The minimum absolute atomic E-state index is 0.274. The number of rotatable bonds is 3. The number of methoxy groups -OCH3 is 1. The van der Waals surface area contributed by atoms with Gasteiger partial charge in [-0.3, -0.25) is 0 Å². The van der Waals surface area contributed by atoms with Gasteiger partial charge in [0.2, 0.25) is 0 Å². The molecule has 1 aromatic carbocycles. The Balaban J connectivity index is 3.25. The van der Waals surface area contributed by atoms with Crippen molar-refractivity contribution in [3.8, 4) is 11.5 Å². The molecule has 0 amide bonds. The van der Waals surface area contributed by atoms with Gasteiger partial charge in [0.1, 0.15) is 21.5 Å². The minimum Gasteiger partial charge on any atom is -0.495 e. The minimum atomic E-state index is 0.274. The standard InChI is InChI=1S/C9H11Cl2NO2/c1-3-14-6-4-5(13-2)7(10)9(12)8(6)11/h4H,3,12H2,1-2H3. The average Bonchev–Trinajstić information content (AvgIpc) is 2.19. The summed E-state index contributed by atoms with van der Waals surface area (Å²) in [7, 11) is 1.50. The number of hydrogen-bond acceptors (Lipinski definition) is 3. The molecular formula is C9H11Cl2NO2. The first-order valence-electron chi connectivity index (χ1n) is 4.06. The molecule has 0 spiro atoms. The van der Waals surface area contributed by atoms with Crippen molar-refractivity contribution in [2.45, 2.75) is 6.92 Å². The van der Waals surface area contributed by atoms with Crippen LogP contribution >= 0.6 is 23.2 Å². The lowest BCUT2D eigenvalue weighted by molar-refractivity contribution is 0.336. The van der Waals surface area contributed by atoms with E-state index in [1.165, 1.54) is 7.11 Å². The lowest BCUT2D eigenvalue weighted by Crippen LogP contribution is -1.98. The Kier molecular flexibility index (Phi) is 3.72. The molecule has 0 radical (unpaired) electrons. The average molecular weight is 236 g/mol. The van der Waals surface area contributed by atoms with Crippen LogP contribution in [0.2, 0.25) is 10.0 Å². The number of nitrogens with two attached hydrogens (primary N) is 1. The second kappa shape index (κ2) is 4.62.